The zero-order chi connectivity index (χ0) is 51.5. The van der Waals surface area contributed by atoms with Gasteiger partial charge in [0.15, 0.2) is 6.29 Å². The highest BCUT2D eigenvalue weighted by atomic mass is 16.7. The van der Waals surface area contributed by atoms with Gasteiger partial charge < -0.3 is 40.3 Å². The standard InChI is InChI=1S/C62H123NO8/c1-3-5-7-9-11-13-15-17-19-21-23-24-25-26-27-28-29-30-31-32-34-36-38-40-42-44-46-48-50-52-58(66)63-55(54-70-62-61(69)60(68)59(67)57(53-64)71-62)56(65)51-49-47-45-43-41-39-37-35-33-22-20-18-16-14-12-10-8-6-4-2/h55-57,59-62,64-65,67-69H,3-54H2,1-2H3,(H,63,66). The lowest BCUT2D eigenvalue weighted by molar-refractivity contribution is -0.302. The Morgan fingerprint density at radius 3 is 1.00 bits per heavy atom. The smallest absolute Gasteiger partial charge is 0.220 e. The first-order valence-corrected chi connectivity index (χ1v) is 31.7. The molecule has 6 N–H and O–H groups in total. The number of nitrogens with one attached hydrogen (secondary N) is 1. The van der Waals surface area contributed by atoms with E-state index in [0.717, 1.165) is 38.5 Å². The number of rotatable bonds is 56. The van der Waals surface area contributed by atoms with E-state index in [-0.39, 0.29) is 12.5 Å². The maximum atomic E-state index is 13.1. The van der Waals surface area contributed by atoms with Gasteiger partial charge in [-0.25, -0.2) is 0 Å². The van der Waals surface area contributed by atoms with E-state index in [0.29, 0.717) is 12.8 Å². The minimum atomic E-state index is -1.55. The predicted molar refractivity (Wildman–Crippen MR) is 300 cm³/mol. The van der Waals surface area contributed by atoms with Crippen molar-refractivity contribution in [3.05, 3.63) is 0 Å². The van der Waals surface area contributed by atoms with Crippen LogP contribution in [-0.4, -0.2) is 87.5 Å². The van der Waals surface area contributed by atoms with Crippen molar-refractivity contribution in [2.45, 2.75) is 378 Å². The summed E-state index contributed by atoms with van der Waals surface area (Å²) in [7, 11) is 0. The fourth-order valence-corrected chi connectivity index (χ4v) is 10.7. The molecule has 7 unspecified atom stereocenters. The van der Waals surface area contributed by atoms with Crippen molar-refractivity contribution in [1.29, 1.82) is 0 Å². The molecule has 71 heavy (non-hydrogen) atoms. The number of hydrogen-bond acceptors (Lipinski definition) is 8. The molecule has 0 saturated carbocycles. The lowest BCUT2D eigenvalue weighted by Crippen LogP contribution is -2.60. The van der Waals surface area contributed by atoms with Crippen molar-refractivity contribution in [2.24, 2.45) is 0 Å². The van der Waals surface area contributed by atoms with E-state index in [1.54, 1.807) is 0 Å². The first-order chi connectivity index (χ1) is 34.8. The van der Waals surface area contributed by atoms with Gasteiger partial charge in [-0.05, 0) is 12.8 Å². The maximum absolute atomic E-state index is 13.1. The second-order valence-corrected chi connectivity index (χ2v) is 22.6. The molecular weight excluding hydrogens is 887 g/mol. The van der Waals surface area contributed by atoms with E-state index in [4.69, 9.17) is 9.47 Å². The predicted octanol–water partition coefficient (Wildman–Crippen LogP) is 16.2. The molecule has 424 valence electrons. The Balaban J connectivity index is 2.12. The third-order valence-corrected chi connectivity index (χ3v) is 15.7. The average molecular weight is 1010 g/mol. The number of carbonyl (C=O) groups is 1. The van der Waals surface area contributed by atoms with E-state index >= 15 is 0 Å². The van der Waals surface area contributed by atoms with E-state index in [2.05, 4.69) is 19.2 Å². The van der Waals surface area contributed by atoms with Crippen LogP contribution in [0.5, 0.6) is 0 Å². The second-order valence-electron chi connectivity index (χ2n) is 22.6. The summed E-state index contributed by atoms with van der Waals surface area (Å²) in [6.45, 7) is 3.90. The number of aliphatic hydroxyl groups is 5. The van der Waals surface area contributed by atoms with Crippen LogP contribution in [0.1, 0.15) is 335 Å². The Kier molecular flexibility index (Phi) is 50.6. The van der Waals surface area contributed by atoms with Gasteiger partial charge in [-0.3, -0.25) is 4.79 Å². The van der Waals surface area contributed by atoms with Crippen LogP contribution in [0.15, 0.2) is 0 Å². The van der Waals surface area contributed by atoms with Crippen LogP contribution in [0.25, 0.3) is 0 Å². The van der Waals surface area contributed by atoms with Crippen LogP contribution in [-0.2, 0) is 14.3 Å². The number of aliphatic hydroxyl groups excluding tert-OH is 5. The molecular formula is C62H123NO8. The molecule has 1 aliphatic rings. The van der Waals surface area contributed by atoms with Crippen molar-refractivity contribution in [2.75, 3.05) is 13.2 Å². The fourth-order valence-electron chi connectivity index (χ4n) is 10.7. The summed E-state index contributed by atoms with van der Waals surface area (Å²) in [6.07, 6.45) is 57.2. The highest BCUT2D eigenvalue weighted by molar-refractivity contribution is 5.76. The number of carbonyl (C=O) groups excluding carboxylic acids is 1. The zero-order valence-corrected chi connectivity index (χ0v) is 47.3. The van der Waals surface area contributed by atoms with Gasteiger partial charge in [0.25, 0.3) is 0 Å². The molecule has 0 aliphatic carbocycles. The van der Waals surface area contributed by atoms with Gasteiger partial charge in [-0.15, -0.1) is 0 Å². The molecule has 0 radical (unpaired) electrons. The van der Waals surface area contributed by atoms with Gasteiger partial charge >= 0.3 is 0 Å². The molecule has 7 atom stereocenters. The summed E-state index contributed by atoms with van der Waals surface area (Å²) in [5, 5.41) is 54.8. The van der Waals surface area contributed by atoms with Crippen LogP contribution >= 0.6 is 0 Å². The van der Waals surface area contributed by atoms with Gasteiger partial charge in [0.1, 0.15) is 24.4 Å². The number of ether oxygens (including phenoxy) is 2. The highest BCUT2D eigenvalue weighted by Crippen LogP contribution is 2.24. The van der Waals surface area contributed by atoms with E-state index < -0.39 is 49.5 Å². The van der Waals surface area contributed by atoms with Crippen molar-refractivity contribution < 1.29 is 39.8 Å². The summed E-state index contributed by atoms with van der Waals surface area (Å²) in [6, 6.07) is -0.714. The van der Waals surface area contributed by atoms with E-state index in [1.165, 1.54) is 270 Å². The lowest BCUT2D eigenvalue weighted by atomic mass is 9.99. The van der Waals surface area contributed by atoms with Gasteiger partial charge in [-0.2, -0.15) is 0 Å². The summed E-state index contributed by atoms with van der Waals surface area (Å²) >= 11 is 0. The molecule has 1 aliphatic heterocycles. The minimum absolute atomic E-state index is 0.131. The minimum Gasteiger partial charge on any atom is -0.394 e. The zero-order valence-electron chi connectivity index (χ0n) is 47.3. The van der Waals surface area contributed by atoms with Crippen molar-refractivity contribution in [3.63, 3.8) is 0 Å². The molecule has 0 bridgehead atoms. The fraction of sp³-hybridized carbons (Fsp3) is 0.984. The van der Waals surface area contributed by atoms with Crippen LogP contribution in [0.4, 0.5) is 0 Å². The third kappa shape index (κ3) is 42.0. The Morgan fingerprint density at radius 2 is 0.704 bits per heavy atom. The molecule has 1 fully saturated rings. The lowest BCUT2D eigenvalue weighted by Gasteiger charge is -2.40. The van der Waals surface area contributed by atoms with Gasteiger partial charge in [0.2, 0.25) is 5.91 Å². The Bertz CT molecular complexity index is 1080. The average Bonchev–Trinajstić information content (AvgIpc) is 3.37. The Labute approximate surface area is 440 Å². The largest absolute Gasteiger partial charge is 0.394 e. The molecule has 1 saturated heterocycles. The summed E-state index contributed by atoms with van der Waals surface area (Å²) in [5.74, 6) is -0.135. The quantitative estimate of drug-likeness (QED) is 0.0330. The van der Waals surface area contributed by atoms with Gasteiger partial charge in [0.05, 0.1) is 25.4 Å². The first kappa shape index (κ1) is 68.2. The molecule has 1 heterocycles. The highest BCUT2D eigenvalue weighted by Gasteiger charge is 2.44. The molecule has 1 amide bonds. The molecule has 9 heteroatoms. The van der Waals surface area contributed by atoms with Crippen LogP contribution in [0, 0.1) is 0 Å². The van der Waals surface area contributed by atoms with Crippen molar-refractivity contribution in [1.82, 2.24) is 5.32 Å². The second kappa shape index (κ2) is 52.6. The number of unbranched alkanes of at least 4 members (excludes halogenated alkanes) is 46. The van der Waals surface area contributed by atoms with E-state index in [9.17, 15) is 30.3 Å². The number of amides is 1. The normalized spacial score (nSPS) is 19.1. The Morgan fingerprint density at radius 1 is 0.423 bits per heavy atom. The molecule has 1 rings (SSSR count). The van der Waals surface area contributed by atoms with Crippen molar-refractivity contribution >= 4 is 5.91 Å². The van der Waals surface area contributed by atoms with Crippen molar-refractivity contribution in [3.8, 4) is 0 Å². The van der Waals surface area contributed by atoms with Crippen LogP contribution < -0.4 is 5.32 Å². The molecule has 9 nitrogen and oxygen atoms in total. The summed E-state index contributed by atoms with van der Waals surface area (Å²) < 4.78 is 11.3. The topological polar surface area (TPSA) is 149 Å². The Hall–Kier alpha value is -0.810. The molecule has 0 aromatic heterocycles. The molecule has 0 spiro atoms. The maximum Gasteiger partial charge on any atom is 0.220 e. The summed E-state index contributed by atoms with van der Waals surface area (Å²) in [5.41, 5.74) is 0. The SMILES string of the molecule is CCCCCCCCCCCCCCCCCCCCCCCCCCCCCCCC(=O)NC(COC1OC(CO)C(O)C(O)C1O)C(O)CCCCCCCCCCCCCCCCCCCCC. The first-order valence-electron chi connectivity index (χ1n) is 31.7. The third-order valence-electron chi connectivity index (χ3n) is 15.7. The number of hydrogen-bond donors (Lipinski definition) is 6. The van der Waals surface area contributed by atoms with E-state index in [1.807, 2.05) is 0 Å². The monoisotopic (exact) mass is 1010 g/mol. The van der Waals surface area contributed by atoms with Crippen LogP contribution in [0.2, 0.25) is 0 Å². The summed E-state index contributed by atoms with van der Waals surface area (Å²) in [4.78, 5) is 13.1. The molecule has 0 aromatic rings. The van der Waals surface area contributed by atoms with Gasteiger partial charge in [-0.1, -0.05) is 316 Å². The van der Waals surface area contributed by atoms with Gasteiger partial charge in [0, 0.05) is 6.42 Å². The molecule has 0 aromatic carbocycles. The van der Waals surface area contributed by atoms with Crippen LogP contribution in [0.3, 0.4) is 0 Å².